The normalized spacial score (nSPS) is 10.6. The molecule has 18 heavy (non-hydrogen) atoms. The van der Waals surface area contributed by atoms with Crippen LogP contribution in [0.15, 0.2) is 18.2 Å². The molecule has 1 N–H and O–H groups in total. The van der Waals surface area contributed by atoms with Crippen molar-refractivity contribution in [2.75, 3.05) is 13.1 Å². The molecule has 0 heterocycles. The van der Waals surface area contributed by atoms with Crippen molar-refractivity contribution in [2.45, 2.75) is 13.5 Å². The Labute approximate surface area is 103 Å². The maximum Gasteiger partial charge on any atom is 0.317 e. The fraction of sp³-hybridized carbons (Fsp3) is 0.364. The molecule has 6 nitrogen and oxygen atoms in total. The first-order valence-corrected chi connectivity index (χ1v) is 5.31. The number of carboxylic acids is 1. The van der Waals surface area contributed by atoms with E-state index >= 15 is 0 Å². The van der Waals surface area contributed by atoms with Crippen molar-refractivity contribution >= 4 is 11.7 Å². The van der Waals surface area contributed by atoms with Crippen molar-refractivity contribution in [3.63, 3.8) is 0 Å². The van der Waals surface area contributed by atoms with Crippen LogP contribution in [-0.2, 0) is 11.3 Å². The third kappa shape index (κ3) is 3.49. The van der Waals surface area contributed by atoms with Crippen LogP contribution in [0.3, 0.4) is 0 Å². The van der Waals surface area contributed by atoms with Gasteiger partial charge in [-0.25, -0.2) is 0 Å². The van der Waals surface area contributed by atoms with Crippen LogP contribution in [-0.4, -0.2) is 34.0 Å². The maximum atomic E-state index is 13.7. The molecule has 98 valence electrons. The molecule has 0 aliphatic carbocycles. The van der Waals surface area contributed by atoms with Gasteiger partial charge in [0.05, 0.1) is 11.5 Å². The van der Waals surface area contributed by atoms with Gasteiger partial charge in [0, 0.05) is 18.2 Å². The molecule has 1 rings (SSSR count). The number of halogens is 1. The number of carboxylic acid groups (broad SMARTS) is 1. The highest BCUT2D eigenvalue weighted by Crippen LogP contribution is 2.21. The van der Waals surface area contributed by atoms with E-state index in [0.717, 1.165) is 6.07 Å². The molecule has 0 atom stereocenters. The summed E-state index contributed by atoms with van der Waals surface area (Å²) in [7, 11) is 0. The number of carbonyl (C=O) groups is 1. The summed E-state index contributed by atoms with van der Waals surface area (Å²) in [5.74, 6) is -1.94. The summed E-state index contributed by atoms with van der Waals surface area (Å²) in [6, 6.07) is 3.87. The summed E-state index contributed by atoms with van der Waals surface area (Å²) in [5, 5.41) is 19.2. The Morgan fingerprint density at radius 2 is 2.22 bits per heavy atom. The molecule has 0 amide bonds. The maximum absolute atomic E-state index is 13.7. The number of aliphatic carboxylic acids is 1. The molecule has 0 bridgehead atoms. The van der Waals surface area contributed by atoms with Crippen molar-refractivity contribution < 1.29 is 19.2 Å². The Morgan fingerprint density at radius 1 is 1.56 bits per heavy atom. The number of rotatable bonds is 6. The van der Waals surface area contributed by atoms with Gasteiger partial charge in [0.25, 0.3) is 0 Å². The van der Waals surface area contributed by atoms with Crippen LogP contribution >= 0.6 is 0 Å². The van der Waals surface area contributed by atoms with Gasteiger partial charge in [-0.3, -0.25) is 19.8 Å². The molecule has 0 aliphatic rings. The highest BCUT2D eigenvalue weighted by Gasteiger charge is 2.19. The molecule has 0 radical (unpaired) electrons. The largest absolute Gasteiger partial charge is 0.480 e. The number of hydrogen-bond donors (Lipinski definition) is 1. The van der Waals surface area contributed by atoms with Crippen LogP contribution < -0.4 is 0 Å². The SMILES string of the molecule is CCN(CC(=O)O)Cc1cccc([N+](=O)[O-])c1F. The van der Waals surface area contributed by atoms with Crippen molar-refractivity contribution in [2.24, 2.45) is 0 Å². The smallest absolute Gasteiger partial charge is 0.317 e. The van der Waals surface area contributed by atoms with Crippen LogP contribution in [0.2, 0.25) is 0 Å². The number of nitrogens with zero attached hydrogens (tertiary/aromatic N) is 2. The summed E-state index contributed by atoms with van der Waals surface area (Å²) < 4.78 is 13.7. The standard InChI is InChI=1S/C11H13FN2O4/c1-2-13(7-10(15)16)6-8-4-3-5-9(11(8)12)14(17)18/h3-5H,2,6-7H2,1H3,(H,15,16). The topological polar surface area (TPSA) is 83.7 Å². The first kappa shape index (κ1) is 14.0. The van der Waals surface area contributed by atoms with Crippen LogP contribution in [0.25, 0.3) is 0 Å². The molecule has 0 fully saturated rings. The van der Waals surface area contributed by atoms with Crippen LogP contribution in [0.4, 0.5) is 10.1 Å². The second-order valence-corrected chi connectivity index (χ2v) is 3.70. The van der Waals surface area contributed by atoms with E-state index in [9.17, 15) is 19.3 Å². The molecule has 0 saturated carbocycles. The lowest BCUT2D eigenvalue weighted by Gasteiger charge is -2.18. The fourth-order valence-corrected chi connectivity index (χ4v) is 1.54. The third-order valence-corrected chi connectivity index (χ3v) is 2.46. The number of benzene rings is 1. The van der Waals surface area contributed by atoms with E-state index in [1.54, 1.807) is 6.92 Å². The quantitative estimate of drug-likeness (QED) is 0.618. The molecule has 0 saturated heterocycles. The zero-order valence-corrected chi connectivity index (χ0v) is 9.80. The predicted molar refractivity (Wildman–Crippen MR) is 61.6 cm³/mol. The molecule has 0 unspecified atom stereocenters. The van der Waals surface area contributed by atoms with Gasteiger partial charge in [-0.1, -0.05) is 19.1 Å². The molecular weight excluding hydrogens is 243 g/mol. The lowest BCUT2D eigenvalue weighted by atomic mass is 10.1. The summed E-state index contributed by atoms with van der Waals surface area (Å²) in [5.41, 5.74) is -0.480. The predicted octanol–water partition coefficient (Wildman–Crippen LogP) is 1.64. The van der Waals surface area contributed by atoms with Gasteiger partial charge in [-0.15, -0.1) is 0 Å². The Balaban J connectivity index is 2.93. The molecular formula is C11H13FN2O4. The zero-order chi connectivity index (χ0) is 13.7. The van der Waals surface area contributed by atoms with Crippen molar-refractivity contribution in [1.82, 2.24) is 4.90 Å². The first-order valence-electron chi connectivity index (χ1n) is 5.31. The highest BCUT2D eigenvalue weighted by molar-refractivity contribution is 5.69. The van der Waals surface area contributed by atoms with Gasteiger partial charge in [-0.05, 0) is 6.54 Å². The van der Waals surface area contributed by atoms with Crippen LogP contribution in [0.1, 0.15) is 12.5 Å². The molecule has 0 aliphatic heterocycles. The summed E-state index contributed by atoms with van der Waals surface area (Å²) >= 11 is 0. The van der Waals surface area contributed by atoms with Gasteiger partial charge >= 0.3 is 11.7 Å². The zero-order valence-electron chi connectivity index (χ0n) is 9.80. The second kappa shape index (κ2) is 6.06. The highest BCUT2D eigenvalue weighted by atomic mass is 19.1. The van der Waals surface area contributed by atoms with E-state index < -0.39 is 22.4 Å². The average Bonchev–Trinajstić information content (AvgIpc) is 2.29. The summed E-state index contributed by atoms with van der Waals surface area (Å²) in [6.07, 6.45) is 0. The van der Waals surface area contributed by atoms with Gasteiger partial charge in [0.1, 0.15) is 0 Å². The van der Waals surface area contributed by atoms with E-state index in [1.165, 1.54) is 17.0 Å². The van der Waals surface area contributed by atoms with Gasteiger partial charge in [0.15, 0.2) is 0 Å². The lowest BCUT2D eigenvalue weighted by Crippen LogP contribution is -2.29. The summed E-state index contributed by atoms with van der Waals surface area (Å²) in [6.45, 7) is 1.93. The van der Waals surface area contributed by atoms with Gasteiger partial charge in [0.2, 0.25) is 5.82 Å². The molecule has 7 heteroatoms. The Bertz CT molecular complexity index is 464. The van der Waals surface area contributed by atoms with E-state index in [2.05, 4.69) is 0 Å². The first-order chi connectivity index (χ1) is 8.45. The van der Waals surface area contributed by atoms with E-state index in [-0.39, 0.29) is 18.7 Å². The minimum atomic E-state index is -1.03. The third-order valence-electron chi connectivity index (χ3n) is 2.46. The number of hydrogen-bond acceptors (Lipinski definition) is 4. The molecule has 0 aromatic heterocycles. The summed E-state index contributed by atoms with van der Waals surface area (Å²) in [4.78, 5) is 21.8. The Morgan fingerprint density at radius 3 is 2.72 bits per heavy atom. The van der Waals surface area contributed by atoms with Gasteiger partial charge < -0.3 is 5.11 Å². The molecule has 1 aromatic rings. The van der Waals surface area contributed by atoms with Crippen molar-refractivity contribution in [1.29, 1.82) is 0 Å². The van der Waals surface area contributed by atoms with Crippen LogP contribution in [0, 0.1) is 15.9 Å². The number of nitro groups is 1. The van der Waals surface area contributed by atoms with E-state index in [0.29, 0.717) is 6.54 Å². The number of nitro benzene ring substituents is 1. The fourth-order valence-electron chi connectivity index (χ4n) is 1.54. The van der Waals surface area contributed by atoms with Crippen molar-refractivity contribution in [3.05, 3.63) is 39.7 Å². The van der Waals surface area contributed by atoms with Gasteiger partial charge in [-0.2, -0.15) is 4.39 Å². The minimum absolute atomic E-state index is 0.0241. The van der Waals surface area contributed by atoms with Crippen LogP contribution in [0.5, 0.6) is 0 Å². The second-order valence-electron chi connectivity index (χ2n) is 3.70. The van der Waals surface area contributed by atoms with E-state index in [4.69, 9.17) is 5.11 Å². The van der Waals surface area contributed by atoms with E-state index in [1.807, 2.05) is 0 Å². The Hall–Kier alpha value is -2.02. The van der Waals surface area contributed by atoms with Crippen molar-refractivity contribution in [3.8, 4) is 0 Å². The monoisotopic (exact) mass is 256 g/mol. The number of likely N-dealkylation sites (N-methyl/N-ethyl adjacent to an activating group) is 1. The minimum Gasteiger partial charge on any atom is -0.480 e. The molecule has 1 aromatic carbocycles. The lowest BCUT2D eigenvalue weighted by molar-refractivity contribution is -0.387. The molecule has 0 spiro atoms. The Kier molecular flexibility index (Phi) is 4.73. The average molecular weight is 256 g/mol.